The molecule has 128 valence electrons. The molecule has 2 rings (SSSR count). The van der Waals surface area contributed by atoms with Crippen molar-refractivity contribution in [3.63, 3.8) is 0 Å². The van der Waals surface area contributed by atoms with Crippen LogP contribution in [0.1, 0.15) is 12.5 Å². The van der Waals surface area contributed by atoms with Gasteiger partial charge in [0.2, 0.25) is 11.6 Å². The van der Waals surface area contributed by atoms with Crippen molar-refractivity contribution >= 4 is 11.9 Å². The maximum absolute atomic E-state index is 13.4. The number of anilines is 1. The van der Waals surface area contributed by atoms with Gasteiger partial charge >= 0.3 is 0 Å². The molecule has 0 aliphatic carbocycles. The molecule has 2 aromatic rings. The predicted molar refractivity (Wildman–Crippen MR) is 79.4 cm³/mol. The van der Waals surface area contributed by atoms with Crippen molar-refractivity contribution in [2.45, 2.75) is 6.92 Å². The summed E-state index contributed by atoms with van der Waals surface area (Å²) in [5.74, 6) is -5.93. The van der Waals surface area contributed by atoms with Crippen LogP contribution in [-0.2, 0) is 0 Å². The number of halogens is 4. The molecule has 0 unspecified atom stereocenters. The van der Waals surface area contributed by atoms with Gasteiger partial charge in [-0.2, -0.15) is 27.6 Å². The molecule has 1 aromatic carbocycles. The molecule has 0 saturated carbocycles. The number of hydrazone groups is 1. The lowest BCUT2D eigenvalue weighted by Crippen LogP contribution is -2.06. The number of aromatic nitrogens is 1. The maximum Gasteiger partial charge on any atom is 0.254 e. The van der Waals surface area contributed by atoms with Gasteiger partial charge in [0, 0.05) is 0 Å². The van der Waals surface area contributed by atoms with Crippen molar-refractivity contribution in [2.75, 3.05) is 19.1 Å². The van der Waals surface area contributed by atoms with E-state index >= 15 is 0 Å². The van der Waals surface area contributed by atoms with E-state index in [1.165, 1.54) is 13.3 Å². The molecule has 0 amide bonds. The van der Waals surface area contributed by atoms with Gasteiger partial charge in [0.05, 0.1) is 19.9 Å². The van der Waals surface area contributed by atoms with Crippen molar-refractivity contribution in [1.29, 1.82) is 0 Å². The Morgan fingerprint density at radius 3 is 2.38 bits per heavy atom. The van der Waals surface area contributed by atoms with Crippen molar-refractivity contribution in [1.82, 2.24) is 4.98 Å². The van der Waals surface area contributed by atoms with E-state index in [1.54, 1.807) is 25.1 Å². The zero-order chi connectivity index (χ0) is 17.7. The van der Waals surface area contributed by atoms with E-state index in [9.17, 15) is 17.6 Å². The Kier molecular flexibility index (Phi) is 5.56. The van der Waals surface area contributed by atoms with Crippen LogP contribution in [0.25, 0.3) is 0 Å². The first-order chi connectivity index (χ1) is 11.5. The van der Waals surface area contributed by atoms with Gasteiger partial charge in [0.15, 0.2) is 11.5 Å². The van der Waals surface area contributed by atoms with Crippen LogP contribution in [0.3, 0.4) is 0 Å². The second-order valence-corrected chi connectivity index (χ2v) is 4.41. The van der Waals surface area contributed by atoms with Crippen molar-refractivity contribution in [2.24, 2.45) is 5.10 Å². The third-order valence-electron chi connectivity index (χ3n) is 2.88. The van der Waals surface area contributed by atoms with E-state index in [4.69, 9.17) is 9.47 Å². The summed E-state index contributed by atoms with van der Waals surface area (Å²) in [5, 5.41) is 3.56. The van der Waals surface area contributed by atoms with E-state index in [0.29, 0.717) is 23.7 Å². The second-order valence-electron chi connectivity index (χ2n) is 4.41. The quantitative estimate of drug-likeness (QED) is 0.378. The Bertz CT molecular complexity index is 743. The Balaban J connectivity index is 2.22. The van der Waals surface area contributed by atoms with Gasteiger partial charge in [-0.25, -0.2) is 0 Å². The summed E-state index contributed by atoms with van der Waals surface area (Å²) in [5.41, 5.74) is 1.35. The molecule has 5 nitrogen and oxygen atoms in total. The average Bonchev–Trinajstić information content (AvgIpc) is 2.57. The molecule has 0 saturated heterocycles. The van der Waals surface area contributed by atoms with Crippen LogP contribution < -0.4 is 14.9 Å². The van der Waals surface area contributed by atoms with Crippen molar-refractivity contribution in [3.8, 4) is 11.5 Å². The highest BCUT2D eigenvalue weighted by Crippen LogP contribution is 2.27. The van der Waals surface area contributed by atoms with Crippen LogP contribution in [-0.4, -0.2) is 24.9 Å². The van der Waals surface area contributed by atoms with Crippen LogP contribution in [0.4, 0.5) is 23.2 Å². The zero-order valence-electron chi connectivity index (χ0n) is 12.7. The lowest BCUT2D eigenvalue weighted by Gasteiger charge is -2.09. The molecule has 9 heteroatoms. The summed E-state index contributed by atoms with van der Waals surface area (Å²) in [6.07, 6.45) is 1.19. The predicted octanol–water partition coefficient (Wildman–Crippen LogP) is 3.49. The Morgan fingerprint density at radius 1 is 1.12 bits per heavy atom. The summed E-state index contributed by atoms with van der Waals surface area (Å²) >= 11 is 0. The minimum absolute atomic E-state index is 0.404. The Morgan fingerprint density at radius 2 is 1.79 bits per heavy atom. The fourth-order valence-corrected chi connectivity index (χ4v) is 1.80. The molecule has 0 aliphatic heterocycles. The van der Waals surface area contributed by atoms with E-state index in [-0.39, 0.29) is 0 Å². The number of pyridine rings is 1. The van der Waals surface area contributed by atoms with E-state index in [1.807, 2.05) is 5.43 Å². The lowest BCUT2D eigenvalue weighted by atomic mass is 10.2. The first kappa shape index (κ1) is 17.5. The van der Waals surface area contributed by atoms with Crippen molar-refractivity contribution < 1.29 is 27.0 Å². The van der Waals surface area contributed by atoms with Crippen molar-refractivity contribution in [3.05, 3.63) is 47.3 Å². The summed E-state index contributed by atoms with van der Waals surface area (Å²) in [4.78, 5) is 2.45. The minimum atomic E-state index is -1.77. The molecule has 0 fully saturated rings. The standard InChI is InChI=1S/C15H13F4N3O2/c1-3-24-10-6-8(4-5-9(10)23-2)7-20-22-13-11(16)14(18)21-15(19)12(13)17/h4-7H,3H2,1-2H3,(H,21,22)/b20-7-. The third-order valence-corrected chi connectivity index (χ3v) is 2.88. The van der Waals surface area contributed by atoms with Gasteiger partial charge in [-0.05, 0) is 30.7 Å². The Labute approximate surface area is 134 Å². The first-order valence-electron chi connectivity index (χ1n) is 6.77. The number of rotatable bonds is 6. The van der Waals surface area contributed by atoms with E-state index in [0.717, 1.165) is 0 Å². The van der Waals surface area contributed by atoms with Gasteiger partial charge in [-0.3, -0.25) is 5.43 Å². The van der Waals surface area contributed by atoms with Gasteiger partial charge < -0.3 is 9.47 Å². The molecule has 1 aromatic heterocycles. The highest BCUT2D eigenvalue weighted by atomic mass is 19.2. The molecule has 0 atom stereocenters. The summed E-state index contributed by atoms with van der Waals surface area (Å²) in [7, 11) is 1.48. The SMILES string of the molecule is CCOc1cc(/C=N\Nc2c(F)c(F)nc(F)c2F)ccc1OC. The number of hydrogen-bond acceptors (Lipinski definition) is 5. The number of benzene rings is 1. The van der Waals surface area contributed by atoms with Gasteiger partial charge in [0.25, 0.3) is 11.9 Å². The number of ether oxygens (including phenoxy) is 2. The minimum Gasteiger partial charge on any atom is -0.493 e. The van der Waals surface area contributed by atoms with Gasteiger partial charge in [0.1, 0.15) is 5.69 Å². The highest BCUT2D eigenvalue weighted by molar-refractivity contribution is 5.81. The monoisotopic (exact) mass is 343 g/mol. The molecule has 24 heavy (non-hydrogen) atoms. The van der Waals surface area contributed by atoms with Crippen LogP contribution in [0.15, 0.2) is 23.3 Å². The van der Waals surface area contributed by atoms with Crippen LogP contribution >= 0.6 is 0 Å². The molecule has 0 aliphatic rings. The third kappa shape index (κ3) is 3.73. The maximum atomic E-state index is 13.4. The smallest absolute Gasteiger partial charge is 0.254 e. The lowest BCUT2D eigenvalue weighted by molar-refractivity contribution is 0.311. The highest BCUT2D eigenvalue weighted by Gasteiger charge is 2.20. The van der Waals surface area contributed by atoms with E-state index in [2.05, 4.69) is 10.1 Å². The van der Waals surface area contributed by atoms with Gasteiger partial charge in [-0.1, -0.05) is 0 Å². The largest absolute Gasteiger partial charge is 0.493 e. The number of nitrogens with one attached hydrogen (secondary N) is 1. The second kappa shape index (κ2) is 7.62. The molecular weight excluding hydrogens is 330 g/mol. The number of hydrogen-bond donors (Lipinski definition) is 1. The fraction of sp³-hybridized carbons (Fsp3) is 0.200. The van der Waals surface area contributed by atoms with Gasteiger partial charge in [-0.15, -0.1) is 0 Å². The molecule has 0 spiro atoms. The van der Waals surface area contributed by atoms with Crippen LogP contribution in [0, 0.1) is 23.5 Å². The average molecular weight is 343 g/mol. The van der Waals surface area contributed by atoms with Crippen LogP contribution in [0.2, 0.25) is 0 Å². The normalized spacial score (nSPS) is 10.9. The molecule has 0 bridgehead atoms. The zero-order valence-corrected chi connectivity index (χ0v) is 12.7. The fourth-order valence-electron chi connectivity index (χ4n) is 1.80. The Hall–Kier alpha value is -2.84. The summed E-state index contributed by atoms with van der Waals surface area (Å²) in [6.45, 7) is 2.20. The molecule has 1 heterocycles. The number of methoxy groups -OCH3 is 1. The number of nitrogens with zero attached hydrogens (tertiary/aromatic N) is 2. The first-order valence-corrected chi connectivity index (χ1v) is 6.77. The summed E-state index contributed by atoms with van der Waals surface area (Å²) in [6, 6.07) is 4.79. The molecule has 1 N–H and O–H groups in total. The molecule has 0 radical (unpaired) electrons. The topological polar surface area (TPSA) is 55.7 Å². The molecular formula is C15H13F4N3O2. The van der Waals surface area contributed by atoms with E-state index < -0.39 is 29.2 Å². The van der Waals surface area contributed by atoms with Crippen LogP contribution in [0.5, 0.6) is 11.5 Å². The summed E-state index contributed by atoms with van der Waals surface area (Å²) < 4.78 is 63.3.